The molecule has 0 saturated heterocycles. The molecular formula is C13H19N3O4. The van der Waals surface area contributed by atoms with Crippen molar-refractivity contribution < 1.29 is 14.5 Å². The molecule has 0 aliphatic heterocycles. The van der Waals surface area contributed by atoms with E-state index in [-0.39, 0.29) is 24.1 Å². The summed E-state index contributed by atoms with van der Waals surface area (Å²) in [7, 11) is 0. The summed E-state index contributed by atoms with van der Waals surface area (Å²) < 4.78 is 5.24. The summed E-state index contributed by atoms with van der Waals surface area (Å²) in [5, 5.41) is 10.8. The topological polar surface area (TPSA) is 85.6 Å². The number of nitro groups is 1. The third-order valence-corrected chi connectivity index (χ3v) is 2.61. The van der Waals surface area contributed by atoms with E-state index in [9.17, 15) is 14.9 Å². The molecule has 0 fully saturated rings. The molecule has 1 aromatic rings. The number of rotatable bonds is 8. The van der Waals surface area contributed by atoms with Crippen molar-refractivity contribution in [3.05, 3.63) is 28.4 Å². The second-order valence-electron chi connectivity index (χ2n) is 4.25. The molecule has 0 radical (unpaired) electrons. The molecule has 0 saturated carbocycles. The van der Waals surface area contributed by atoms with E-state index in [1.807, 2.05) is 13.8 Å². The van der Waals surface area contributed by atoms with Crippen molar-refractivity contribution in [3.8, 4) is 5.75 Å². The number of carbonyl (C=O) groups is 1. The van der Waals surface area contributed by atoms with Gasteiger partial charge in [0.2, 0.25) is 5.75 Å². The second kappa shape index (κ2) is 8.08. The predicted molar refractivity (Wildman–Crippen MR) is 73.5 cm³/mol. The van der Waals surface area contributed by atoms with Gasteiger partial charge in [-0.25, -0.2) is 0 Å². The van der Waals surface area contributed by atoms with Crippen LogP contribution < -0.4 is 4.74 Å². The minimum absolute atomic E-state index is 0.0128. The van der Waals surface area contributed by atoms with Gasteiger partial charge in [0.15, 0.2) is 6.61 Å². The number of aromatic nitrogens is 1. The van der Waals surface area contributed by atoms with Gasteiger partial charge in [0.1, 0.15) is 6.20 Å². The zero-order chi connectivity index (χ0) is 15.0. The van der Waals surface area contributed by atoms with Gasteiger partial charge in [0.25, 0.3) is 5.91 Å². The third kappa shape index (κ3) is 4.49. The SMILES string of the molecule is CCCN(CCC)C(=O)COc1cccnc1[N+](=O)[O-]. The van der Waals surface area contributed by atoms with Crippen molar-refractivity contribution in [2.24, 2.45) is 0 Å². The highest BCUT2D eigenvalue weighted by molar-refractivity contribution is 5.77. The third-order valence-electron chi connectivity index (χ3n) is 2.61. The largest absolute Gasteiger partial charge is 0.476 e. The van der Waals surface area contributed by atoms with Crippen LogP contribution in [0.1, 0.15) is 26.7 Å². The van der Waals surface area contributed by atoms with E-state index in [0.29, 0.717) is 13.1 Å². The van der Waals surface area contributed by atoms with E-state index in [1.54, 1.807) is 4.90 Å². The Kier molecular flexibility index (Phi) is 6.42. The van der Waals surface area contributed by atoms with Crippen LogP contribution in [0.5, 0.6) is 5.75 Å². The first kappa shape index (κ1) is 15.9. The lowest BCUT2D eigenvalue weighted by atomic mass is 10.3. The summed E-state index contributed by atoms with van der Waals surface area (Å²) in [4.78, 5) is 27.5. The Balaban J connectivity index is 2.66. The zero-order valence-electron chi connectivity index (χ0n) is 11.7. The molecule has 0 unspecified atom stereocenters. The molecule has 1 aromatic heterocycles. The Morgan fingerprint density at radius 3 is 2.60 bits per heavy atom. The summed E-state index contributed by atoms with van der Waals surface area (Å²) in [6.07, 6.45) is 3.03. The van der Waals surface area contributed by atoms with E-state index < -0.39 is 4.92 Å². The van der Waals surface area contributed by atoms with Crippen LogP contribution in [-0.4, -0.2) is 40.4 Å². The molecule has 0 aliphatic carbocycles. The number of hydrogen-bond donors (Lipinski definition) is 0. The van der Waals surface area contributed by atoms with Crippen molar-refractivity contribution in [2.75, 3.05) is 19.7 Å². The highest BCUT2D eigenvalue weighted by Crippen LogP contribution is 2.22. The summed E-state index contributed by atoms with van der Waals surface area (Å²) in [6, 6.07) is 2.96. The van der Waals surface area contributed by atoms with Crippen LogP contribution in [0.25, 0.3) is 0 Å². The second-order valence-corrected chi connectivity index (χ2v) is 4.25. The predicted octanol–water partition coefficient (Wildman–Crippen LogP) is 2.02. The lowest BCUT2D eigenvalue weighted by molar-refractivity contribution is -0.390. The van der Waals surface area contributed by atoms with Gasteiger partial charge in [0, 0.05) is 13.1 Å². The lowest BCUT2D eigenvalue weighted by Crippen LogP contribution is -2.36. The van der Waals surface area contributed by atoms with E-state index in [4.69, 9.17) is 4.74 Å². The molecule has 7 nitrogen and oxygen atoms in total. The van der Waals surface area contributed by atoms with Crippen LogP contribution in [0.3, 0.4) is 0 Å². The van der Waals surface area contributed by atoms with Crippen molar-refractivity contribution in [1.29, 1.82) is 0 Å². The van der Waals surface area contributed by atoms with Crippen molar-refractivity contribution in [3.63, 3.8) is 0 Å². The molecule has 7 heteroatoms. The molecule has 0 bridgehead atoms. The quantitative estimate of drug-likeness (QED) is 0.537. The van der Waals surface area contributed by atoms with Gasteiger partial charge in [-0.05, 0) is 34.9 Å². The summed E-state index contributed by atoms with van der Waals surface area (Å²) in [6.45, 7) is 5.08. The molecule has 1 rings (SSSR count). The maximum Gasteiger partial charge on any atom is 0.406 e. The molecule has 0 aromatic carbocycles. The van der Waals surface area contributed by atoms with Gasteiger partial charge < -0.3 is 19.8 Å². The normalized spacial score (nSPS) is 10.1. The molecule has 1 heterocycles. The number of hydrogen-bond acceptors (Lipinski definition) is 5. The van der Waals surface area contributed by atoms with E-state index in [2.05, 4.69) is 4.98 Å². The minimum Gasteiger partial charge on any atom is -0.476 e. The van der Waals surface area contributed by atoms with Crippen molar-refractivity contribution in [1.82, 2.24) is 9.88 Å². The Morgan fingerprint density at radius 1 is 1.40 bits per heavy atom. The first-order valence-electron chi connectivity index (χ1n) is 6.60. The van der Waals surface area contributed by atoms with Gasteiger partial charge in [-0.1, -0.05) is 13.8 Å². The number of nitrogens with zero attached hydrogens (tertiary/aromatic N) is 3. The van der Waals surface area contributed by atoms with Crippen molar-refractivity contribution >= 4 is 11.7 Å². The molecule has 110 valence electrons. The van der Waals surface area contributed by atoms with Crippen LogP contribution >= 0.6 is 0 Å². The minimum atomic E-state index is -0.629. The lowest BCUT2D eigenvalue weighted by Gasteiger charge is -2.21. The fourth-order valence-electron chi connectivity index (χ4n) is 1.76. The first-order valence-corrected chi connectivity index (χ1v) is 6.60. The van der Waals surface area contributed by atoms with Crippen LogP contribution in [-0.2, 0) is 4.79 Å². The molecule has 20 heavy (non-hydrogen) atoms. The Bertz CT molecular complexity index is 459. The van der Waals surface area contributed by atoms with Crippen LogP contribution in [0.4, 0.5) is 5.82 Å². The fraction of sp³-hybridized carbons (Fsp3) is 0.538. The number of pyridine rings is 1. The molecular weight excluding hydrogens is 262 g/mol. The molecule has 1 amide bonds. The fourth-order valence-corrected chi connectivity index (χ4v) is 1.76. The summed E-state index contributed by atoms with van der Waals surface area (Å²) in [5.74, 6) is -0.538. The summed E-state index contributed by atoms with van der Waals surface area (Å²) in [5.41, 5.74) is 0. The Labute approximate surface area is 117 Å². The number of ether oxygens (including phenoxy) is 1. The summed E-state index contributed by atoms with van der Waals surface area (Å²) >= 11 is 0. The van der Waals surface area contributed by atoms with Gasteiger partial charge in [-0.3, -0.25) is 4.79 Å². The maximum absolute atomic E-state index is 12.0. The molecule has 0 atom stereocenters. The average Bonchev–Trinajstić information content (AvgIpc) is 2.44. The first-order chi connectivity index (χ1) is 9.60. The van der Waals surface area contributed by atoms with E-state index in [0.717, 1.165) is 12.8 Å². The van der Waals surface area contributed by atoms with Gasteiger partial charge >= 0.3 is 5.82 Å². The zero-order valence-corrected chi connectivity index (χ0v) is 11.7. The number of carbonyl (C=O) groups excluding carboxylic acids is 1. The standard InChI is InChI=1S/C13H19N3O4/c1-3-8-15(9-4-2)12(17)10-20-11-6-5-7-14-13(11)16(18)19/h5-7H,3-4,8-10H2,1-2H3. The highest BCUT2D eigenvalue weighted by atomic mass is 16.6. The average molecular weight is 281 g/mol. The maximum atomic E-state index is 12.0. The molecule has 0 spiro atoms. The van der Waals surface area contributed by atoms with Gasteiger partial charge in [-0.15, -0.1) is 0 Å². The molecule has 0 aliphatic rings. The van der Waals surface area contributed by atoms with Crippen LogP contribution in [0.15, 0.2) is 18.3 Å². The van der Waals surface area contributed by atoms with Gasteiger partial charge in [0.05, 0.1) is 0 Å². The monoisotopic (exact) mass is 281 g/mol. The number of amides is 1. The Morgan fingerprint density at radius 2 is 2.05 bits per heavy atom. The van der Waals surface area contributed by atoms with Crippen molar-refractivity contribution in [2.45, 2.75) is 26.7 Å². The highest BCUT2D eigenvalue weighted by Gasteiger charge is 2.18. The van der Waals surface area contributed by atoms with Crippen LogP contribution in [0, 0.1) is 10.1 Å². The smallest absolute Gasteiger partial charge is 0.406 e. The van der Waals surface area contributed by atoms with Crippen LogP contribution in [0.2, 0.25) is 0 Å². The van der Waals surface area contributed by atoms with E-state index >= 15 is 0 Å². The Hall–Kier alpha value is -2.18. The van der Waals surface area contributed by atoms with Gasteiger partial charge in [-0.2, -0.15) is 0 Å². The van der Waals surface area contributed by atoms with E-state index in [1.165, 1.54) is 18.3 Å². The molecule has 0 N–H and O–H groups in total.